The summed E-state index contributed by atoms with van der Waals surface area (Å²) in [7, 11) is -0.276. The van der Waals surface area contributed by atoms with E-state index in [9.17, 15) is 21.6 Å². The van der Waals surface area contributed by atoms with Gasteiger partial charge in [-0.25, -0.2) is 31.6 Å². The minimum Gasteiger partial charge on any atom is -0.351 e. The Balaban J connectivity index is 1.55. The van der Waals surface area contributed by atoms with Crippen molar-refractivity contribution < 1.29 is 21.6 Å². The molecular formula is C29H38F3N5O2S. The molecule has 1 aliphatic carbocycles. The summed E-state index contributed by atoms with van der Waals surface area (Å²) < 4.78 is 70.8. The monoisotopic (exact) mass is 577 g/mol. The van der Waals surface area contributed by atoms with E-state index in [2.05, 4.69) is 15.0 Å². The lowest BCUT2D eigenvalue weighted by Crippen LogP contribution is -2.44. The molecular weight excluding hydrogens is 539 g/mol. The number of hydrogen-bond acceptors (Lipinski definition) is 6. The van der Waals surface area contributed by atoms with Gasteiger partial charge >= 0.3 is 0 Å². The zero-order chi connectivity index (χ0) is 29.2. The van der Waals surface area contributed by atoms with Gasteiger partial charge in [-0.05, 0) is 87.7 Å². The fourth-order valence-electron chi connectivity index (χ4n) is 5.20. The number of hydrogen-bond donors (Lipinski definition) is 2. The largest absolute Gasteiger partial charge is 0.351 e. The lowest BCUT2D eigenvalue weighted by Gasteiger charge is -2.35. The minimum absolute atomic E-state index is 0.0220. The molecule has 1 aromatic heterocycles. The molecule has 40 heavy (non-hydrogen) atoms. The molecule has 4 atom stereocenters. The Kier molecular flexibility index (Phi) is 8.94. The predicted octanol–water partition coefficient (Wildman–Crippen LogP) is 6.11. The van der Waals surface area contributed by atoms with E-state index in [1.807, 2.05) is 38.1 Å². The normalized spacial score (nSPS) is 21.4. The second kappa shape index (κ2) is 11.9. The fraction of sp³-hybridized carbons (Fsp3) is 0.517. The van der Waals surface area contributed by atoms with Gasteiger partial charge in [0.1, 0.15) is 23.4 Å². The summed E-state index contributed by atoms with van der Waals surface area (Å²) in [6.07, 6.45) is 3.45. The summed E-state index contributed by atoms with van der Waals surface area (Å²) in [6, 6.07) is 7.86. The van der Waals surface area contributed by atoms with Crippen molar-refractivity contribution in [2.24, 2.45) is 0 Å². The van der Waals surface area contributed by atoms with Gasteiger partial charge in [0, 0.05) is 30.1 Å². The molecule has 0 amide bonds. The Labute approximate surface area is 234 Å². The highest BCUT2D eigenvalue weighted by Crippen LogP contribution is 2.31. The number of halogens is 3. The molecule has 11 heteroatoms. The summed E-state index contributed by atoms with van der Waals surface area (Å²) in [4.78, 5) is 11.1. The van der Waals surface area contributed by atoms with Crippen molar-refractivity contribution in [1.29, 1.82) is 0 Å². The summed E-state index contributed by atoms with van der Waals surface area (Å²) in [5.74, 6) is -1.07. The lowest BCUT2D eigenvalue weighted by atomic mass is 9.89. The number of aryl methyl sites for hydroxylation is 1. The van der Waals surface area contributed by atoms with Crippen LogP contribution in [0.4, 0.5) is 24.8 Å². The highest BCUT2D eigenvalue weighted by atomic mass is 32.2. The van der Waals surface area contributed by atoms with Gasteiger partial charge < -0.3 is 10.2 Å². The van der Waals surface area contributed by atoms with Crippen LogP contribution in [-0.4, -0.2) is 67.1 Å². The predicted molar refractivity (Wildman–Crippen MR) is 155 cm³/mol. The first-order valence-electron chi connectivity index (χ1n) is 13.7. The van der Waals surface area contributed by atoms with E-state index in [-0.39, 0.29) is 24.2 Å². The van der Waals surface area contributed by atoms with Crippen LogP contribution in [0.25, 0.3) is 22.0 Å². The minimum atomic E-state index is -4.08. The van der Waals surface area contributed by atoms with Crippen LogP contribution in [-0.2, 0) is 16.4 Å². The molecule has 4 rings (SSSR count). The molecule has 0 aliphatic heterocycles. The number of nitrogens with one attached hydrogen (secondary N) is 2. The molecule has 7 nitrogen and oxygen atoms in total. The average molecular weight is 578 g/mol. The van der Waals surface area contributed by atoms with E-state index in [1.165, 1.54) is 19.1 Å². The van der Waals surface area contributed by atoms with Crippen LogP contribution in [0.1, 0.15) is 52.0 Å². The van der Waals surface area contributed by atoms with Crippen molar-refractivity contribution in [2.75, 3.05) is 29.9 Å². The Bertz CT molecular complexity index is 1470. The number of fused-ring (bicyclic) bond motifs is 1. The third kappa shape index (κ3) is 7.04. The molecule has 0 radical (unpaired) electrons. The Morgan fingerprint density at radius 1 is 1.12 bits per heavy atom. The maximum Gasteiger partial charge on any atom is 0.235 e. The van der Waals surface area contributed by atoms with Crippen LogP contribution in [0.15, 0.2) is 36.5 Å². The van der Waals surface area contributed by atoms with Crippen molar-refractivity contribution in [2.45, 2.75) is 76.8 Å². The van der Waals surface area contributed by atoms with E-state index >= 15 is 0 Å². The third-order valence-electron chi connectivity index (χ3n) is 7.67. The molecule has 2 aromatic carbocycles. The van der Waals surface area contributed by atoms with Gasteiger partial charge in [0.25, 0.3) is 0 Å². The van der Waals surface area contributed by atoms with Crippen molar-refractivity contribution in [3.8, 4) is 11.1 Å². The van der Waals surface area contributed by atoms with Crippen LogP contribution in [0.2, 0.25) is 0 Å². The van der Waals surface area contributed by atoms with E-state index in [0.717, 1.165) is 34.9 Å². The Hall–Kier alpha value is -2.92. The van der Waals surface area contributed by atoms with Crippen LogP contribution < -0.4 is 10.0 Å². The number of alkyl halides is 2. The van der Waals surface area contributed by atoms with Crippen molar-refractivity contribution in [1.82, 2.24) is 14.9 Å². The number of benzene rings is 2. The van der Waals surface area contributed by atoms with Gasteiger partial charge in [0.05, 0.1) is 11.2 Å². The maximum absolute atomic E-state index is 15.0. The first kappa shape index (κ1) is 30.0. The molecule has 0 spiro atoms. The van der Waals surface area contributed by atoms with Crippen LogP contribution in [0.3, 0.4) is 0 Å². The van der Waals surface area contributed by atoms with Gasteiger partial charge in [0.2, 0.25) is 16.0 Å². The first-order chi connectivity index (χ1) is 18.8. The van der Waals surface area contributed by atoms with Crippen LogP contribution >= 0.6 is 0 Å². The lowest BCUT2D eigenvalue weighted by molar-refractivity contribution is 0.109. The number of anilines is 2. The second-order valence-electron chi connectivity index (χ2n) is 11.1. The summed E-state index contributed by atoms with van der Waals surface area (Å²) in [6.45, 7) is 4.76. The van der Waals surface area contributed by atoms with E-state index in [1.54, 1.807) is 19.2 Å². The molecule has 3 aromatic rings. The zero-order valence-electron chi connectivity index (χ0n) is 23.6. The molecule has 0 saturated heterocycles. The van der Waals surface area contributed by atoms with E-state index in [0.29, 0.717) is 24.4 Å². The molecule has 1 fully saturated rings. The molecule has 2 unspecified atom stereocenters. The van der Waals surface area contributed by atoms with Crippen molar-refractivity contribution in [3.05, 3.63) is 47.9 Å². The molecule has 218 valence electrons. The molecule has 0 bridgehead atoms. The molecule has 1 saturated carbocycles. The number of sulfonamides is 1. The van der Waals surface area contributed by atoms with Crippen LogP contribution in [0, 0.1) is 5.82 Å². The van der Waals surface area contributed by atoms with Gasteiger partial charge in [-0.15, -0.1) is 0 Å². The Morgan fingerprint density at radius 3 is 2.50 bits per heavy atom. The maximum atomic E-state index is 15.0. The van der Waals surface area contributed by atoms with E-state index in [4.69, 9.17) is 4.98 Å². The summed E-state index contributed by atoms with van der Waals surface area (Å²) in [5.41, 5.74) is 0.827. The topological polar surface area (TPSA) is 87.2 Å². The highest BCUT2D eigenvalue weighted by molar-refractivity contribution is 7.92. The van der Waals surface area contributed by atoms with E-state index < -0.39 is 33.4 Å². The van der Waals surface area contributed by atoms with Gasteiger partial charge in [-0.3, -0.25) is 4.72 Å². The van der Waals surface area contributed by atoms with Gasteiger partial charge in [0.15, 0.2) is 0 Å². The van der Waals surface area contributed by atoms with Crippen LogP contribution in [0.5, 0.6) is 0 Å². The van der Waals surface area contributed by atoms with Gasteiger partial charge in [-0.2, -0.15) is 0 Å². The average Bonchev–Trinajstić information content (AvgIpc) is 2.88. The Morgan fingerprint density at radius 2 is 1.88 bits per heavy atom. The van der Waals surface area contributed by atoms with Crippen molar-refractivity contribution >= 4 is 32.6 Å². The zero-order valence-corrected chi connectivity index (χ0v) is 24.5. The fourth-order valence-corrected chi connectivity index (χ4v) is 6.77. The smallest absolute Gasteiger partial charge is 0.235 e. The van der Waals surface area contributed by atoms with Crippen molar-refractivity contribution in [3.63, 3.8) is 0 Å². The number of aromatic nitrogens is 2. The molecule has 1 heterocycles. The molecule has 1 aliphatic rings. The number of rotatable bonds is 10. The third-order valence-corrected chi connectivity index (χ3v) is 9.19. The quantitative estimate of drug-likeness (QED) is 0.302. The second-order valence-corrected chi connectivity index (χ2v) is 12.9. The highest BCUT2D eigenvalue weighted by Gasteiger charge is 2.32. The van der Waals surface area contributed by atoms with Gasteiger partial charge in [-0.1, -0.05) is 19.9 Å². The summed E-state index contributed by atoms with van der Waals surface area (Å²) >= 11 is 0. The standard InChI is InChI=1S/C29H38F3N5O2S/c1-6-18-12-20(19-8-10-25(23(30)14-19)36-40(38,39)17-29(3,32)7-2)13-21-16-33-28(35-27(18)21)34-22-9-11-26(37(4)5)24(31)15-22/h8,10,12-14,16,22,24,26,36H,6-7,9,11,15,17H2,1-5H3,(H,33,34,35)/t22-,24?,26-,29?/m0/s1. The first-order valence-corrected chi connectivity index (χ1v) is 15.3. The summed E-state index contributed by atoms with van der Waals surface area (Å²) in [5, 5.41) is 4.07. The number of nitrogens with zero attached hydrogens (tertiary/aromatic N) is 3. The SMILES string of the molecule is CCc1cc(-c2ccc(NS(=O)(=O)CC(C)(F)CC)c(F)c2)cc2cnc(N[C@H]3CC[C@H](N(C)C)C(F)C3)nc12. The molecule has 2 N–H and O–H groups in total.